The molecule has 0 saturated carbocycles. The number of nitrogens with zero attached hydrogens (tertiary/aromatic N) is 2. The van der Waals surface area contributed by atoms with Crippen molar-refractivity contribution < 1.29 is 19.4 Å². The summed E-state index contributed by atoms with van der Waals surface area (Å²) in [7, 11) is 0. The maximum absolute atomic E-state index is 12.2. The van der Waals surface area contributed by atoms with Crippen molar-refractivity contribution in [2.45, 2.75) is 13.0 Å². The number of piperazine rings is 1. The van der Waals surface area contributed by atoms with Gasteiger partial charge in [-0.15, -0.1) is 0 Å². The summed E-state index contributed by atoms with van der Waals surface area (Å²) in [5.41, 5.74) is 0. The third-order valence-corrected chi connectivity index (χ3v) is 4.64. The van der Waals surface area contributed by atoms with Gasteiger partial charge in [-0.1, -0.05) is 34.8 Å². The highest BCUT2D eigenvalue weighted by molar-refractivity contribution is 6.43. The van der Waals surface area contributed by atoms with Gasteiger partial charge in [0, 0.05) is 32.2 Å². The Morgan fingerprint density at radius 1 is 1.08 bits per heavy atom. The third-order valence-electron chi connectivity index (χ3n) is 3.63. The van der Waals surface area contributed by atoms with Crippen LogP contribution in [0.5, 0.6) is 5.75 Å². The van der Waals surface area contributed by atoms with E-state index in [4.69, 9.17) is 39.5 Å². The predicted molar refractivity (Wildman–Crippen MR) is 91.8 cm³/mol. The summed E-state index contributed by atoms with van der Waals surface area (Å²) in [5, 5.41) is 10.2. The molecule has 9 heteroatoms. The average molecular weight is 396 g/mol. The highest BCUT2D eigenvalue weighted by atomic mass is 35.5. The van der Waals surface area contributed by atoms with Crippen LogP contribution in [0.25, 0.3) is 0 Å². The minimum absolute atomic E-state index is 0.192. The van der Waals surface area contributed by atoms with Crippen molar-refractivity contribution >= 4 is 46.6 Å². The lowest BCUT2D eigenvalue weighted by Crippen LogP contribution is -2.53. The number of rotatable bonds is 4. The number of aliphatic hydroxyl groups excluding tert-OH is 1. The lowest BCUT2D eigenvalue weighted by atomic mass is 10.2. The molecule has 1 fully saturated rings. The van der Waals surface area contributed by atoms with Crippen molar-refractivity contribution in [3.05, 3.63) is 27.2 Å². The Kier molecular flexibility index (Phi) is 6.57. The standard InChI is InChI=1S/C15H17Cl3N2O4/c1-9(21)15(23)20-4-2-19(3-5-20)14(22)8-24-13-7-11(17)10(16)6-12(13)18/h6-7,9,21H,2-5,8H2,1H3. The molecular weight excluding hydrogens is 379 g/mol. The van der Waals surface area contributed by atoms with E-state index in [1.165, 1.54) is 24.0 Å². The van der Waals surface area contributed by atoms with Gasteiger partial charge < -0.3 is 19.6 Å². The van der Waals surface area contributed by atoms with Crippen molar-refractivity contribution in [1.82, 2.24) is 9.80 Å². The molecule has 1 atom stereocenters. The molecular formula is C15H17Cl3N2O4. The molecule has 6 nitrogen and oxygen atoms in total. The molecule has 1 aliphatic rings. The first-order chi connectivity index (χ1) is 11.3. The number of ether oxygens (including phenoxy) is 1. The van der Waals surface area contributed by atoms with E-state index in [0.717, 1.165) is 0 Å². The Labute approximate surface area is 154 Å². The van der Waals surface area contributed by atoms with Crippen molar-refractivity contribution in [1.29, 1.82) is 0 Å². The first-order valence-electron chi connectivity index (χ1n) is 7.31. The first-order valence-corrected chi connectivity index (χ1v) is 8.45. The number of carbonyl (C=O) groups excluding carboxylic acids is 2. The number of carbonyl (C=O) groups is 2. The summed E-state index contributed by atoms with van der Waals surface area (Å²) in [6, 6.07) is 2.91. The molecule has 132 valence electrons. The second-order valence-corrected chi connectivity index (χ2v) is 6.59. The van der Waals surface area contributed by atoms with E-state index in [1.807, 2.05) is 0 Å². The van der Waals surface area contributed by atoms with Crippen LogP contribution in [0.4, 0.5) is 0 Å². The van der Waals surface area contributed by atoms with Crippen LogP contribution in [0.3, 0.4) is 0 Å². The molecule has 24 heavy (non-hydrogen) atoms. The second-order valence-electron chi connectivity index (χ2n) is 5.37. The molecule has 0 spiro atoms. The zero-order chi connectivity index (χ0) is 17.9. The molecule has 2 amide bonds. The lowest BCUT2D eigenvalue weighted by molar-refractivity contribution is -0.145. The van der Waals surface area contributed by atoms with Crippen LogP contribution in [-0.2, 0) is 9.59 Å². The molecule has 1 unspecified atom stereocenters. The summed E-state index contributed by atoms with van der Waals surface area (Å²) in [5.74, 6) is -0.274. The van der Waals surface area contributed by atoms with Crippen molar-refractivity contribution in [2.24, 2.45) is 0 Å². The first kappa shape index (κ1) is 19.1. The van der Waals surface area contributed by atoms with Gasteiger partial charge in [-0.2, -0.15) is 0 Å². The van der Waals surface area contributed by atoms with E-state index in [0.29, 0.717) is 31.2 Å². The molecule has 1 aliphatic heterocycles. The third kappa shape index (κ3) is 4.66. The topological polar surface area (TPSA) is 70.1 Å². The fourth-order valence-electron chi connectivity index (χ4n) is 2.29. The smallest absolute Gasteiger partial charge is 0.260 e. The number of amides is 2. The molecule has 1 aromatic carbocycles. The minimum Gasteiger partial charge on any atom is -0.482 e. The minimum atomic E-state index is -1.03. The van der Waals surface area contributed by atoms with Crippen LogP contribution in [-0.4, -0.2) is 65.6 Å². The number of hydrogen-bond donors (Lipinski definition) is 1. The molecule has 2 rings (SSSR count). The Bertz CT molecular complexity index is 631. The molecule has 0 aromatic heterocycles. The van der Waals surface area contributed by atoms with Gasteiger partial charge in [0.25, 0.3) is 11.8 Å². The fourth-order valence-corrected chi connectivity index (χ4v) is 2.88. The molecule has 1 saturated heterocycles. The van der Waals surface area contributed by atoms with Gasteiger partial charge >= 0.3 is 0 Å². The maximum atomic E-state index is 12.2. The van der Waals surface area contributed by atoms with Crippen LogP contribution in [0, 0.1) is 0 Å². The van der Waals surface area contributed by atoms with Gasteiger partial charge in [0.2, 0.25) is 0 Å². The monoisotopic (exact) mass is 394 g/mol. The second kappa shape index (κ2) is 8.25. The molecule has 0 bridgehead atoms. The predicted octanol–water partition coefficient (Wildman–Crippen LogP) is 2.08. The number of benzene rings is 1. The highest BCUT2D eigenvalue weighted by Gasteiger charge is 2.26. The zero-order valence-corrected chi connectivity index (χ0v) is 15.2. The maximum Gasteiger partial charge on any atom is 0.260 e. The number of halogens is 3. The van der Waals surface area contributed by atoms with E-state index < -0.39 is 6.10 Å². The van der Waals surface area contributed by atoms with E-state index in [1.54, 1.807) is 4.90 Å². The summed E-state index contributed by atoms with van der Waals surface area (Å²) in [6.45, 7) is 2.76. The molecule has 0 aliphatic carbocycles. The van der Waals surface area contributed by atoms with E-state index in [-0.39, 0.29) is 34.2 Å². The van der Waals surface area contributed by atoms with Gasteiger partial charge in [-0.25, -0.2) is 0 Å². The van der Waals surface area contributed by atoms with Crippen molar-refractivity contribution in [3.63, 3.8) is 0 Å². The Morgan fingerprint density at radius 2 is 1.62 bits per heavy atom. The summed E-state index contributed by atoms with van der Waals surface area (Å²) in [6.07, 6.45) is -1.03. The van der Waals surface area contributed by atoms with Crippen LogP contribution in [0.2, 0.25) is 15.1 Å². The fraction of sp³-hybridized carbons (Fsp3) is 0.467. The van der Waals surface area contributed by atoms with E-state index in [2.05, 4.69) is 0 Å². The molecule has 1 N–H and O–H groups in total. The van der Waals surface area contributed by atoms with E-state index >= 15 is 0 Å². The number of hydrogen-bond acceptors (Lipinski definition) is 4. The van der Waals surface area contributed by atoms with Crippen LogP contribution in [0.1, 0.15) is 6.92 Å². The Hall–Kier alpha value is -1.21. The SMILES string of the molecule is CC(O)C(=O)N1CCN(C(=O)COc2cc(Cl)c(Cl)cc2Cl)CC1. The summed E-state index contributed by atoms with van der Waals surface area (Å²) < 4.78 is 5.41. The van der Waals surface area contributed by atoms with Crippen molar-refractivity contribution in [2.75, 3.05) is 32.8 Å². The van der Waals surface area contributed by atoms with E-state index in [9.17, 15) is 14.7 Å². The summed E-state index contributed by atoms with van der Waals surface area (Å²) in [4.78, 5) is 27.0. The Morgan fingerprint density at radius 3 is 2.21 bits per heavy atom. The van der Waals surface area contributed by atoms with Crippen LogP contribution >= 0.6 is 34.8 Å². The number of aliphatic hydroxyl groups is 1. The Balaban J connectivity index is 1.86. The van der Waals surface area contributed by atoms with Crippen LogP contribution < -0.4 is 4.74 Å². The van der Waals surface area contributed by atoms with Gasteiger partial charge in [-0.05, 0) is 13.0 Å². The van der Waals surface area contributed by atoms with Gasteiger partial charge in [0.05, 0.1) is 15.1 Å². The highest BCUT2D eigenvalue weighted by Crippen LogP contribution is 2.33. The van der Waals surface area contributed by atoms with Crippen LogP contribution in [0.15, 0.2) is 12.1 Å². The van der Waals surface area contributed by atoms with Gasteiger partial charge in [0.1, 0.15) is 11.9 Å². The zero-order valence-electron chi connectivity index (χ0n) is 13.0. The van der Waals surface area contributed by atoms with Crippen molar-refractivity contribution in [3.8, 4) is 5.75 Å². The lowest BCUT2D eigenvalue weighted by Gasteiger charge is -2.35. The van der Waals surface area contributed by atoms with Gasteiger partial charge in [-0.3, -0.25) is 9.59 Å². The summed E-state index contributed by atoms with van der Waals surface area (Å²) >= 11 is 17.7. The quantitative estimate of drug-likeness (QED) is 0.793. The van der Waals surface area contributed by atoms with Gasteiger partial charge in [0.15, 0.2) is 6.61 Å². The molecule has 1 aromatic rings. The average Bonchev–Trinajstić information content (AvgIpc) is 2.56. The normalized spacial score (nSPS) is 16.0. The molecule has 0 radical (unpaired) electrons. The molecule has 1 heterocycles. The largest absolute Gasteiger partial charge is 0.482 e.